The van der Waals surface area contributed by atoms with Crippen LogP contribution in [0.15, 0.2) is 17.0 Å². The highest BCUT2D eigenvalue weighted by Gasteiger charge is 2.32. The monoisotopic (exact) mass is 392 g/mol. The molecule has 1 saturated heterocycles. The summed E-state index contributed by atoms with van der Waals surface area (Å²) in [6.07, 6.45) is 1.52. The molecule has 0 spiro atoms. The summed E-state index contributed by atoms with van der Waals surface area (Å²) >= 11 is 17.8. The topological polar surface area (TPSA) is 49.4 Å². The van der Waals surface area contributed by atoms with Gasteiger partial charge in [0.15, 0.2) is 0 Å². The smallest absolute Gasteiger partial charge is 0.246 e. The summed E-state index contributed by atoms with van der Waals surface area (Å²) in [7, 11) is -2.17. The number of piperidine rings is 1. The Morgan fingerprint density at radius 2 is 1.62 bits per heavy atom. The molecule has 0 atom stereocenters. The Kier molecular flexibility index (Phi) is 7.06. The lowest BCUT2D eigenvalue weighted by Gasteiger charge is -2.31. The summed E-state index contributed by atoms with van der Waals surface area (Å²) in [5.74, 6) is 0. The quantitative estimate of drug-likeness (QED) is 0.855. The molecule has 4 nitrogen and oxygen atoms in total. The normalized spacial score (nSPS) is 16.8. The van der Waals surface area contributed by atoms with Crippen molar-refractivity contribution >= 4 is 57.2 Å². The minimum Gasteiger partial charge on any atom is -0.317 e. The van der Waals surface area contributed by atoms with Crippen molar-refractivity contribution in [2.24, 2.45) is 0 Å². The van der Waals surface area contributed by atoms with Gasteiger partial charge in [0.1, 0.15) is 4.90 Å². The van der Waals surface area contributed by atoms with E-state index in [4.69, 9.17) is 34.8 Å². The van der Waals surface area contributed by atoms with Crippen molar-refractivity contribution in [2.45, 2.75) is 23.8 Å². The van der Waals surface area contributed by atoms with Crippen LogP contribution in [-0.2, 0) is 10.0 Å². The number of hydrogen-bond acceptors (Lipinski definition) is 3. The fourth-order valence-corrected chi connectivity index (χ4v) is 5.19. The molecular weight excluding hydrogens is 378 g/mol. The Morgan fingerprint density at radius 1 is 1.14 bits per heavy atom. The molecule has 0 aromatic heterocycles. The van der Waals surface area contributed by atoms with E-state index in [2.05, 4.69) is 5.32 Å². The summed E-state index contributed by atoms with van der Waals surface area (Å²) in [5.41, 5.74) is 0. The van der Waals surface area contributed by atoms with Crippen LogP contribution >= 0.6 is 47.2 Å². The molecule has 1 fully saturated rings. The van der Waals surface area contributed by atoms with Gasteiger partial charge in [-0.2, -0.15) is 4.31 Å². The van der Waals surface area contributed by atoms with E-state index in [1.54, 1.807) is 7.05 Å². The molecule has 21 heavy (non-hydrogen) atoms. The molecule has 0 bridgehead atoms. The second kappa shape index (κ2) is 7.68. The van der Waals surface area contributed by atoms with Gasteiger partial charge in [-0.1, -0.05) is 34.8 Å². The van der Waals surface area contributed by atoms with E-state index < -0.39 is 10.0 Å². The van der Waals surface area contributed by atoms with Crippen LogP contribution in [0.3, 0.4) is 0 Å². The van der Waals surface area contributed by atoms with Crippen LogP contribution in [-0.4, -0.2) is 38.9 Å². The van der Waals surface area contributed by atoms with E-state index in [1.165, 1.54) is 16.4 Å². The number of rotatable bonds is 3. The first-order valence-electron chi connectivity index (χ1n) is 6.17. The molecule has 1 N–H and O–H groups in total. The van der Waals surface area contributed by atoms with E-state index in [0.29, 0.717) is 5.02 Å². The van der Waals surface area contributed by atoms with Crippen molar-refractivity contribution in [1.29, 1.82) is 0 Å². The number of nitrogens with one attached hydrogen (secondary N) is 1. The van der Waals surface area contributed by atoms with Gasteiger partial charge in [-0.25, -0.2) is 8.42 Å². The molecule has 2 rings (SSSR count). The van der Waals surface area contributed by atoms with Crippen LogP contribution in [0.25, 0.3) is 0 Å². The SMILES string of the molecule is CN(C1CCNCC1)S(=O)(=O)c1c(Cl)cc(Cl)cc1Cl.Cl. The third-order valence-corrected chi connectivity index (χ3v) is 6.47. The maximum atomic E-state index is 12.7. The third-order valence-electron chi connectivity index (χ3n) is 3.42. The first-order valence-corrected chi connectivity index (χ1v) is 8.74. The molecule has 0 amide bonds. The van der Waals surface area contributed by atoms with Crippen molar-refractivity contribution in [3.8, 4) is 0 Å². The van der Waals surface area contributed by atoms with E-state index in [0.717, 1.165) is 25.9 Å². The molecule has 9 heteroatoms. The summed E-state index contributed by atoms with van der Waals surface area (Å²) in [6, 6.07) is 2.72. The average molecular weight is 394 g/mol. The van der Waals surface area contributed by atoms with Crippen LogP contribution in [0.4, 0.5) is 0 Å². The lowest BCUT2D eigenvalue weighted by atomic mass is 10.1. The highest BCUT2D eigenvalue weighted by molar-refractivity contribution is 7.89. The van der Waals surface area contributed by atoms with Gasteiger partial charge >= 0.3 is 0 Å². The highest BCUT2D eigenvalue weighted by atomic mass is 35.5. The highest BCUT2D eigenvalue weighted by Crippen LogP contribution is 2.35. The minimum atomic E-state index is -3.73. The standard InChI is InChI=1S/C12H15Cl3N2O2S.ClH/c1-17(9-2-4-16-5-3-9)20(18,19)12-10(14)6-8(13)7-11(12)15;/h6-7,9,16H,2-5H2,1H3;1H. The van der Waals surface area contributed by atoms with Gasteiger partial charge in [0.05, 0.1) is 10.0 Å². The predicted molar refractivity (Wildman–Crippen MR) is 89.6 cm³/mol. The predicted octanol–water partition coefficient (Wildman–Crippen LogP) is 3.44. The summed E-state index contributed by atoms with van der Waals surface area (Å²) in [4.78, 5) is -0.0775. The Morgan fingerprint density at radius 3 is 2.10 bits per heavy atom. The van der Waals surface area contributed by atoms with Crippen molar-refractivity contribution in [2.75, 3.05) is 20.1 Å². The fourth-order valence-electron chi connectivity index (χ4n) is 2.29. The zero-order valence-corrected chi connectivity index (χ0v) is 15.2. The van der Waals surface area contributed by atoms with E-state index in [1.807, 2.05) is 0 Å². The first-order chi connectivity index (χ1) is 9.34. The molecule has 1 aliphatic heterocycles. The number of halogens is 4. The molecule has 1 aromatic carbocycles. The van der Waals surface area contributed by atoms with Crippen molar-refractivity contribution in [3.05, 3.63) is 27.2 Å². The van der Waals surface area contributed by atoms with E-state index >= 15 is 0 Å². The molecule has 0 unspecified atom stereocenters. The van der Waals surface area contributed by atoms with Gasteiger partial charge in [-0.3, -0.25) is 0 Å². The third kappa shape index (κ3) is 4.16. The zero-order chi connectivity index (χ0) is 14.9. The number of nitrogens with zero attached hydrogens (tertiary/aromatic N) is 1. The van der Waals surface area contributed by atoms with Crippen LogP contribution in [0.5, 0.6) is 0 Å². The summed E-state index contributed by atoms with van der Waals surface area (Å²) < 4.78 is 26.7. The maximum Gasteiger partial charge on any atom is 0.246 e. The molecule has 1 heterocycles. The largest absolute Gasteiger partial charge is 0.317 e. The fraction of sp³-hybridized carbons (Fsp3) is 0.500. The summed E-state index contributed by atoms with van der Waals surface area (Å²) in [6.45, 7) is 1.60. The Labute approximate surface area is 146 Å². The van der Waals surface area contributed by atoms with Crippen molar-refractivity contribution < 1.29 is 8.42 Å². The zero-order valence-electron chi connectivity index (χ0n) is 11.3. The number of benzene rings is 1. The van der Waals surface area contributed by atoms with E-state index in [9.17, 15) is 8.42 Å². The Bertz CT molecular complexity index is 580. The lowest BCUT2D eigenvalue weighted by molar-refractivity contribution is 0.296. The minimum absolute atomic E-state index is 0. The number of sulfonamides is 1. The van der Waals surface area contributed by atoms with Crippen LogP contribution in [0.2, 0.25) is 15.1 Å². The second-order valence-electron chi connectivity index (χ2n) is 4.70. The van der Waals surface area contributed by atoms with Gasteiger partial charge in [0.25, 0.3) is 0 Å². The van der Waals surface area contributed by atoms with Gasteiger partial charge in [-0.15, -0.1) is 12.4 Å². The van der Waals surface area contributed by atoms with Crippen LogP contribution in [0, 0.1) is 0 Å². The Hall–Kier alpha value is 0.250. The molecule has 0 aliphatic carbocycles. The molecule has 120 valence electrons. The summed E-state index contributed by atoms with van der Waals surface area (Å²) in [5, 5.41) is 3.60. The van der Waals surface area contributed by atoms with Gasteiger partial charge in [0, 0.05) is 18.1 Å². The Balaban J connectivity index is 0.00000220. The van der Waals surface area contributed by atoms with Crippen molar-refractivity contribution in [1.82, 2.24) is 9.62 Å². The average Bonchev–Trinajstić information content (AvgIpc) is 2.37. The second-order valence-corrected chi connectivity index (χ2v) is 7.89. The molecule has 1 aromatic rings. The van der Waals surface area contributed by atoms with E-state index in [-0.39, 0.29) is 33.4 Å². The van der Waals surface area contributed by atoms with Crippen LogP contribution in [0.1, 0.15) is 12.8 Å². The molecule has 0 radical (unpaired) electrons. The lowest BCUT2D eigenvalue weighted by Crippen LogP contribution is -2.44. The van der Waals surface area contributed by atoms with Gasteiger partial charge < -0.3 is 5.32 Å². The van der Waals surface area contributed by atoms with Crippen molar-refractivity contribution in [3.63, 3.8) is 0 Å². The van der Waals surface area contributed by atoms with Gasteiger partial charge in [0.2, 0.25) is 10.0 Å². The number of hydrogen-bond donors (Lipinski definition) is 1. The van der Waals surface area contributed by atoms with Crippen LogP contribution < -0.4 is 5.32 Å². The first kappa shape index (κ1) is 19.3. The van der Waals surface area contributed by atoms with Gasteiger partial charge in [-0.05, 0) is 38.1 Å². The molecule has 0 saturated carbocycles. The molecule has 1 aliphatic rings. The maximum absolute atomic E-state index is 12.7. The molecular formula is C12H16Cl4N2O2S.